The number of rotatable bonds is 76. The van der Waals surface area contributed by atoms with Gasteiger partial charge in [-0.2, -0.15) is 0 Å². The Morgan fingerprint density at radius 2 is 0.540 bits per heavy atom. The SMILES string of the molecule is CCCCCCCCCCCCCCCCCCCCCCCCC/C=C/C(O)C(CO)NC(=O)CCCCCCCCCCCCCCC/C=C\CCCCCCCCCCCCCCOC(=O)CCCCCCCCCCCCCCCCCC. The van der Waals surface area contributed by atoms with Gasteiger partial charge in [-0.3, -0.25) is 9.59 Å². The van der Waals surface area contributed by atoms with Crippen molar-refractivity contribution in [3.05, 3.63) is 24.3 Å². The number of nitrogens with one attached hydrogen (secondary N) is 1. The number of aliphatic hydroxyl groups is 2. The van der Waals surface area contributed by atoms with E-state index in [2.05, 4.69) is 31.3 Å². The van der Waals surface area contributed by atoms with Crippen molar-refractivity contribution in [3.8, 4) is 0 Å². The molecule has 0 saturated carbocycles. The molecule has 1 amide bonds. The Morgan fingerprint density at radius 3 is 0.816 bits per heavy atom. The topological polar surface area (TPSA) is 95.9 Å². The Kier molecular flexibility index (Phi) is 75.3. The largest absolute Gasteiger partial charge is 0.466 e. The highest BCUT2D eigenvalue weighted by Crippen LogP contribution is 2.20. The van der Waals surface area contributed by atoms with Gasteiger partial charge in [0.2, 0.25) is 5.91 Å². The lowest BCUT2D eigenvalue weighted by molar-refractivity contribution is -0.143. The summed E-state index contributed by atoms with van der Waals surface area (Å²) in [7, 11) is 0. The zero-order valence-electron chi connectivity index (χ0n) is 59.3. The van der Waals surface area contributed by atoms with Gasteiger partial charge >= 0.3 is 5.97 Å². The van der Waals surface area contributed by atoms with E-state index in [-0.39, 0.29) is 18.5 Å². The fourth-order valence-electron chi connectivity index (χ4n) is 12.9. The quantitative estimate of drug-likeness (QED) is 0.0320. The molecule has 87 heavy (non-hydrogen) atoms. The van der Waals surface area contributed by atoms with Crippen molar-refractivity contribution in [3.63, 3.8) is 0 Å². The summed E-state index contributed by atoms with van der Waals surface area (Å²) in [6, 6.07) is -0.629. The lowest BCUT2D eigenvalue weighted by Crippen LogP contribution is -2.45. The van der Waals surface area contributed by atoms with Crippen LogP contribution in [0.5, 0.6) is 0 Å². The van der Waals surface area contributed by atoms with Gasteiger partial charge in [0, 0.05) is 12.8 Å². The monoisotopic (exact) mass is 1220 g/mol. The number of esters is 1. The second kappa shape index (κ2) is 76.8. The van der Waals surface area contributed by atoms with E-state index in [9.17, 15) is 19.8 Å². The van der Waals surface area contributed by atoms with Crippen LogP contribution in [0.25, 0.3) is 0 Å². The number of unbranched alkanes of at least 4 members (excludes halogenated alkanes) is 63. The maximum absolute atomic E-state index is 12.6. The molecule has 0 saturated heterocycles. The standard InChI is InChI=1S/C81H157NO5/c1-3-5-7-9-11-13-15-17-19-21-22-23-24-30-33-36-39-42-45-49-53-57-61-65-69-73-79(84)78(77-83)82-80(85)74-70-66-62-58-54-50-46-43-40-37-34-31-28-26-25-27-29-32-35-38-41-44-48-52-56-60-64-68-72-76-87-81(86)75-71-67-63-59-55-51-47-20-18-16-14-12-10-8-6-4-2/h25,27,69,73,78-79,83-84H,3-24,26,28-68,70-72,74-77H2,1-2H3,(H,82,85)/b27-25-,73-69+. The van der Waals surface area contributed by atoms with E-state index in [1.807, 2.05) is 6.08 Å². The van der Waals surface area contributed by atoms with E-state index in [4.69, 9.17) is 4.74 Å². The van der Waals surface area contributed by atoms with E-state index in [0.29, 0.717) is 19.4 Å². The number of hydrogen-bond donors (Lipinski definition) is 3. The first-order valence-electron chi connectivity index (χ1n) is 40.1. The summed E-state index contributed by atoms with van der Waals surface area (Å²) >= 11 is 0. The molecule has 0 rings (SSSR count). The molecule has 0 aromatic rings. The third-order valence-electron chi connectivity index (χ3n) is 19.0. The highest BCUT2D eigenvalue weighted by molar-refractivity contribution is 5.76. The lowest BCUT2D eigenvalue weighted by Gasteiger charge is -2.20. The molecule has 3 N–H and O–H groups in total. The van der Waals surface area contributed by atoms with Gasteiger partial charge in [0.15, 0.2) is 0 Å². The summed E-state index contributed by atoms with van der Waals surface area (Å²) in [5.74, 6) is -0.0409. The predicted molar refractivity (Wildman–Crippen MR) is 384 cm³/mol. The molecule has 6 heteroatoms. The zero-order chi connectivity index (χ0) is 62.8. The minimum absolute atomic E-state index is 0.0208. The van der Waals surface area contributed by atoms with E-state index in [1.165, 1.54) is 392 Å². The Bertz CT molecular complexity index is 1360. The summed E-state index contributed by atoms with van der Waals surface area (Å²) in [4.78, 5) is 24.7. The highest BCUT2D eigenvalue weighted by Gasteiger charge is 2.18. The maximum Gasteiger partial charge on any atom is 0.305 e. The van der Waals surface area contributed by atoms with Crippen LogP contribution in [0.3, 0.4) is 0 Å². The number of carbonyl (C=O) groups excluding carboxylic acids is 2. The van der Waals surface area contributed by atoms with Gasteiger partial charge in [0.1, 0.15) is 0 Å². The van der Waals surface area contributed by atoms with E-state index >= 15 is 0 Å². The van der Waals surface area contributed by atoms with Gasteiger partial charge in [0.25, 0.3) is 0 Å². The molecule has 0 fully saturated rings. The summed E-state index contributed by atoms with van der Waals surface area (Å²) in [6.07, 6.45) is 98.7. The molecule has 0 radical (unpaired) electrons. The molecule has 0 aromatic carbocycles. The van der Waals surface area contributed by atoms with Gasteiger partial charge in [-0.15, -0.1) is 0 Å². The number of aliphatic hydroxyl groups excluding tert-OH is 2. The van der Waals surface area contributed by atoms with Gasteiger partial charge < -0.3 is 20.3 Å². The van der Waals surface area contributed by atoms with Crippen LogP contribution in [-0.2, 0) is 14.3 Å². The van der Waals surface area contributed by atoms with E-state index in [1.54, 1.807) is 6.08 Å². The molecule has 0 heterocycles. The normalized spacial score (nSPS) is 12.6. The molecular weight excluding hydrogens is 1070 g/mol. The van der Waals surface area contributed by atoms with Crippen molar-refractivity contribution in [2.24, 2.45) is 0 Å². The predicted octanol–water partition coefficient (Wildman–Crippen LogP) is 26.4. The number of allylic oxidation sites excluding steroid dienone is 3. The number of amides is 1. The summed E-state index contributed by atoms with van der Waals surface area (Å²) in [5.41, 5.74) is 0. The first kappa shape index (κ1) is 85.3. The summed E-state index contributed by atoms with van der Waals surface area (Å²) < 4.78 is 5.51. The molecule has 2 atom stereocenters. The lowest BCUT2D eigenvalue weighted by atomic mass is 10.0. The van der Waals surface area contributed by atoms with Crippen molar-refractivity contribution in [2.45, 2.75) is 469 Å². The smallest absolute Gasteiger partial charge is 0.305 e. The minimum atomic E-state index is -0.846. The molecule has 0 aromatic heterocycles. The zero-order valence-corrected chi connectivity index (χ0v) is 59.3. The van der Waals surface area contributed by atoms with Crippen LogP contribution in [0.4, 0.5) is 0 Å². The third kappa shape index (κ3) is 73.3. The van der Waals surface area contributed by atoms with Crippen LogP contribution in [0.15, 0.2) is 24.3 Å². The van der Waals surface area contributed by atoms with Crippen molar-refractivity contribution in [1.82, 2.24) is 5.32 Å². The average molecular weight is 1230 g/mol. The van der Waals surface area contributed by atoms with Crippen LogP contribution in [0, 0.1) is 0 Å². The maximum atomic E-state index is 12.6. The summed E-state index contributed by atoms with van der Waals surface area (Å²) in [6.45, 7) is 4.96. The summed E-state index contributed by atoms with van der Waals surface area (Å²) in [5, 5.41) is 23.3. The molecular formula is C81H157NO5. The van der Waals surface area contributed by atoms with Crippen molar-refractivity contribution >= 4 is 11.9 Å². The van der Waals surface area contributed by atoms with E-state index in [0.717, 1.165) is 38.5 Å². The fourth-order valence-corrected chi connectivity index (χ4v) is 12.9. The molecule has 6 nitrogen and oxygen atoms in total. The van der Waals surface area contributed by atoms with Crippen molar-refractivity contribution in [2.75, 3.05) is 13.2 Å². The first-order chi connectivity index (χ1) is 43.0. The first-order valence-corrected chi connectivity index (χ1v) is 40.1. The molecule has 0 aliphatic heterocycles. The van der Waals surface area contributed by atoms with Crippen LogP contribution < -0.4 is 5.32 Å². The fraction of sp³-hybridized carbons (Fsp3) is 0.926. The van der Waals surface area contributed by atoms with Crippen molar-refractivity contribution in [1.29, 1.82) is 0 Å². The van der Waals surface area contributed by atoms with Crippen LogP contribution in [0.1, 0.15) is 457 Å². The van der Waals surface area contributed by atoms with Gasteiger partial charge in [-0.05, 0) is 57.8 Å². The number of carbonyl (C=O) groups is 2. The number of ether oxygens (including phenoxy) is 1. The Hall–Kier alpha value is -1.66. The third-order valence-corrected chi connectivity index (χ3v) is 19.0. The van der Waals surface area contributed by atoms with Crippen molar-refractivity contribution < 1.29 is 24.5 Å². The molecule has 0 aliphatic carbocycles. The Morgan fingerprint density at radius 1 is 0.310 bits per heavy atom. The second-order valence-corrected chi connectivity index (χ2v) is 27.8. The minimum Gasteiger partial charge on any atom is -0.466 e. The highest BCUT2D eigenvalue weighted by atomic mass is 16.5. The van der Waals surface area contributed by atoms with Crippen LogP contribution in [0.2, 0.25) is 0 Å². The average Bonchev–Trinajstić information content (AvgIpc) is 3.54. The Labute approximate surface area is 545 Å². The Balaban J connectivity index is 3.39. The van der Waals surface area contributed by atoms with Gasteiger partial charge in [0.05, 0.1) is 25.4 Å². The molecule has 0 aliphatic rings. The van der Waals surface area contributed by atoms with Gasteiger partial charge in [-0.1, -0.05) is 411 Å². The van der Waals surface area contributed by atoms with Crippen LogP contribution in [-0.4, -0.2) is 47.4 Å². The van der Waals surface area contributed by atoms with Crippen LogP contribution >= 0.6 is 0 Å². The second-order valence-electron chi connectivity index (χ2n) is 27.8. The molecule has 516 valence electrons. The molecule has 0 bridgehead atoms. The van der Waals surface area contributed by atoms with Gasteiger partial charge in [-0.25, -0.2) is 0 Å². The molecule has 2 unspecified atom stereocenters. The number of hydrogen-bond acceptors (Lipinski definition) is 5. The molecule has 0 spiro atoms. The van der Waals surface area contributed by atoms with E-state index < -0.39 is 12.1 Å².